The Morgan fingerprint density at radius 3 is 3.00 bits per heavy atom. The molecule has 0 saturated carbocycles. The lowest BCUT2D eigenvalue weighted by Gasteiger charge is -2.30. The van der Waals surface area contributed by atoms with Crippen LogP contribution < -0.4 is 10.1 Å². The molecule has 0 bridgehead atoms. The molecule has 1 fully saturated rings. The molecule has 3 nitrogen and oxygen atoms in total. The molecule has 1 aromatic rings. The van der Waals surface area contributed by atoms with E-state index in [0.717, 1.165) is 28.4 Å². The summed E-state index contributed by atoms with van der Waals surface area (Å²) < 4.78 is 6.31. The molecule has 1 aliphatic rings. The number of hydrogen-bond donors (Lipinski definition) is 1. The van der Waals surface area contributed by atoms with Crippen LogP contribution in [0, 0.1) is 5.92 Å². The molecule has 1 atom stereocenters. The van der Waals surface area contributed by atoms with Gasteiger partial charge in [0.2, 0.25) is 0 Å². The van der Waals surface area contributed by atoms with Gasteiger partial charge in [0, 0.05) is 29.3 Å². The first-order valence-electron chi connectivity index (χ1n) is 6.44. The maximum absolute atomic E-state index is 5.27. The Balaban J connectivity index is 1.91. The number of methoxy groups -OCH3 is 1. The van der Waals surface area contributed by atoms with Crippen LogP contribution in [0.1, 0.15) is 12.8 Å². The lowest BCUT2D eigenvalue weighted by molar-refractivity contribution is 0.217. The highest BCUT2D eigenvalue weighted by molar-refractivity contribution is 9.10. The van der Waals surface area contributed by atoms with Crippen LogP contribution in [-0.2, 0) is 0 Å². The molecular weight excluding hydrogens is 292 g/mol. The predicted molar refractivity (Wildman–Crippen MR) is 79.4 cm³/mol. The van der Waals surface area contributed by atoms with Crippen molar-refractivity contribution in [2.75, 3.05) is 39.1 Å². The maximum atomic E-state index is 5.27. The molecule has 4 heteroatoms. The van der Waals surface area contributed by atoms with Gasteiger partial charge in [0.25, 0.3) is 0 Å². The monoisotopic (exact) mass is 312 g/mol. The van der Waals surface area contributed by atoms with Crippen LogP contribution in [0.15, 0.2) is 22.7 Å². The first-order chi connectivity index (χ1) is 8.67. The van der Waals surface area contributed by atoms with Gasteiger partial charge in [0.05, 0.1) is 7.11 Å². The lowest BCUT2D eigenvalue weighted by Crippen LogP contribution is -2.35. The van der Waals surface area contributed by atoms with Gasteiger partial charge >= 0.3 is 0 Å². The molecule has 1 aliphatic heterocycles. The van der Waals surface area contributed by atoms with E-state index in [9.17, 15) is 0 Å². The minimum absolute atomic E-state index is 0.744. The number of halogens is 1. The van der Waals surface area contributed by atoms with E-state index >= 15 is 0 Å². The second kappa shape index (κ2) is 6.43. The van der Waals surface area contributed by atoms with Gasteiger partial charge in [-0.05, 0) is 44.5 Å². The van der Waals surface area contributed by atoms with Gasteiger partial charge in [0.1, 0.15) is 5.75 Å². The third-order valence-corrected chi connectivity index (χ3v) is 3.88. The molecule has 100 valence electrons. The van der Waals surface area contributed by atoms with E-state index in [2.05, 4.69) is 39.3 Å². The minimum Gasteiger partial charge on any atom is -0.497 e. The number of piperidine rings is 1. The summed E-state index contributed by atoms with van der Waals surface area (Å²) in [7, 11) is 3.90. The van der Waals surface area contributed by atoms with Crippen molar-refractivity contribution in [1.82, 2.24) is 4.90 Å². The van der Waals surface area contributed by atoms with Gasteiger partial charge in [-0.25, -0.2) is 0 Å². The molecule has 0 aliphatic carbocycles. The Hall–Kier alpha value is -0.740. The van der Waals surface area contributed by atoms with Crippen LogP contribution in [0.3, 0.4) is 0 Å². The number of hydrogen-bond acceptors (Lipinski definition) is 3. The molecule has 2 rings (SSSR count). The summed E-state index contributed by atoms with van der Waals surface area (Å²) in [6.07, 6.45) is 2.63. The first-order valence-corrected chi connectivity index (χ1v) is 7.23. The smallest absolute Gasteiger partial charge is 0.122 e. The molecule has 1 N–H and O–H groups in total. The van der Waals surface area contributed by atoms with Gasteiger partial charge in [0.15, 0.2) is 0 Å². The fraction of sp³-hybridized carbons (Fsp3) is 0.571. The second-order valence-corrected chi connectivity index (χ2v) is 5.95. The highest BCUT2D eigenvalue weighted by Crippen LogP contribution is 2.25. The number of ether oxygens (including phenoxy) is 1. The average molecular weight is 313 g/mol. The SMILES string of the molecule is COc1cc(Br)cc(NCC2CCCN(C)C2)c1. The number of nitrogens with one attached hydrogen (secondary N) is 1. The normalized spacial score (nSPS) is 20.7. The van der Waals surface area contributed by atoms with Gasteiger partial charge in [-0.3, -0.25) is 0 Å². The van der Waals surface area contributed by atoms with E-state index in [1.165, 1.54) is 25.9 Å². The average Bonchev–Trinajstić information content (AvgIpc) is 2.36. The topological polar surface area (TPSA) is 24.5 Å². The molecule has 1 saturated heterocycles. The van der Waals surface area contributed by atoms with Crippen molar-refractivity contribution < 1.29 is 4.74 Å². The molecule has 0 amide bonds. The Labute approximate surface area is 118 Å². The van der Waals surface area contributed by atoms with E-state index in [1.807, 2.05) is 12.1 Å². The Kier molecular flexibility index (Phi) is 4.89. The number of benzene rings is 1. The fourth-order valence-corrected chi connectivity index (χ4v) is 2.96. The van der Waals surface area contributed by atoms with E-state index in [-0.39, 0.29) is 0 Å². The van der Waals surface area contributed by atoms with Crippen LogP contribution in [-0.4, -0.2) is 38.7 Å². The Bertz CT molecular complexity index is 397. The van der Waals surface area contributed by atoms with Crippen LogP contribution >= 0.6 is 15.9 Å². The van der Waals surface area contributed by atoms with Crippen molar-refractivity contribution >= 4 is 21.6 Å². The van der Waals surface area contributed by atoms with Crippen LogP contribution in [0.4, 0.5) is 5.69 Å². The first kappa shape index (κ1) is 13.7. The Morgan fingerprint density at radius 1 is 1.44 bits per heavy atom. The highest BCUT2D eigenvalue weighted by Gasteiger charge is 2.16. The van der Waals surface area contributed by atoms with Crippen molar-refractivity contribution in [2.24, 2.45) is 5.92 Å². The van der Waals surface area contributed by atoms with Crippen molar-refractivity contribution in [3.63, 3.8) is 0 Å². The zero-order valence-corrected chi connectivity index (χ0v) is 12.7. The van der Waals surface area contributed by atoms with Crippen LogP contribution in [0.2, 0.25) is 0 Å². The number of rotatable bonds is 4. The number of nitrogens with zero attached hydrogens (tertiary/aromatic N) is 1. The highest BCUT2D eigenvalue weighted by atomic mass is 79.9. The molecular formula is C14H21BrN2O. The number of likely N-dealkylation sites (tertiary alicyclic amines) is 1. The van der Waals surface area contributed by atoms with Crippen LogP contribution in [0.5, 0.6) is 5.75 Å². The minimum atomic E-state index is 0.744. The van der Waals surface area contributed by atoms with Crippen molar-refractivity contribution in [1.29, 1.82) is 0 Å². The van der Waals surface area contributed by atoms with E-state index in [0.29, 0.717) is 0 Å². The van der Waals surface area contributed by atoms with Gasteiger partial charge in [-0.2, -0.15) is 0 Å². The summed E-state index contributed by atoms with van der Waals surface area (Å²) in [5.74, 6) is 1.63. The summed E-state index contributed by atoms with van der Waals surface area (Å²) in [5, 5.41) is 3.51. The van der Waals surface area contributed by atoms with Gasteiger partial charge in [-0.15, -0.1) is 0 Å². The molecule has 0 aromatic heterocycles. The van der Waals surface area contributed by atoms with Crippen molar-refractivity contribution in [2.45, 2.75) is 12.8 Å². The Morgan fingerprint density at radius 2 is 2.28 bits per heavy atom. The summed E-state index contributed by atoms with van der Waals surface area (Å²) >= 11 is 3.50. The molecule has 1 aromatic carbocycles. The molecule has 18 heavy (non-hydrogen) atoms. The standard InChI is InChI=1S/C14H21BrN2O/c1-17-5-3-4-11(10-17)9-16-13-6-12(15)7-14(8-13)18-2/h6-8,11,16H,3-5,9-10H2,1-2H3. The summed E-state index contributed by atoms with van der Waals surface area (Å²) in [6, 6.07) is 6.10. The number of anilines is 1. The lowest BCUT2D eigenvalue weighted by atomic mass is 9.98. The third kappa shape index (κ3) is 3.89. The molecule has 0 spiro atoms. The van der Waals surface area contributed by atoms with E-state index in [1.54, 1.807) is 7.11 Å². The maximum Gasteiger partial charge on any atom is 0.122 e. The quantitative estimate of drug-likeness (QED) is 0.924. The van der Waals surface area contributed by atoms with E-state index in [4.69, 9.17) is 4.74 Å². The predicted octanol–water partition coefficient (Wildman–Crippen LogP) is 3.21. The van der Waals surface area contributed by atoms with Gasteiger partial charge < -0.3 is 15.0 Å². The van der Waals surface area contributed by atoms with Crippen molar-refractivity contribution in [3.05, 3.63) is 22.7 Å². The van der Waals surface area contributed by atoms with E-state index < -0.39 is 0 Å². The third-order valence-electron chi connectivity index (χ3n) is 3.42. The largest absolute Gasteiger partial charge is 0.497 e. The second-order valence-electron chi connectivity index (χ2n) is 5.03. The van der Waals surface area contributed by atoms with Gasteiger partial charge in [-0.1, -0.05) is 15.9 Å². The summed E-state index contributed by atoms with van der Waals surface area (Å²) in [4.78, 5) is 2.41. The fourth-order valence-electron chi connectivity index (χ4n) is 2.48. The zero-order valence-electron chi connectivity index (χ0n) is 11.1. The summed E-state index contributed by atoms with van der Waals surface area (Å²) in [5.41, 5.74) is 1.12. The summed E-state index contributed by atoms with van der Waals surface area (Å²) in [6.45, 7) is 3.46. The molecule has 1 unspecified atom stereocenters. The van der Waals surface area contributed by atoms with Crippen LogP contribution in [0.25, 0.3) is 0 Å². The zero-order chi connectivity index (χ0) is 13.0. The molecule has 0 radical (unpaired) electrons. The van der Waals surface area contributed by atoms with Crippen molar-refractivity contribution in [3.8, 4) is 5.75 Å². The molecule has 1 heterocycles.